The molecule has 0 aromatic heterocycles. The van der Waals surface area contributed by atoms with Crippen LogP contribution in [0.4, 0.5) is 0 Å². The first-order valence-corrected chi connectivity index (χ1v) is 4.62. The minimum atomic E-state index is -0.300. The van der Waals surface area contributed by atoms with Gasteiger partial charge in [0.05, 0.1) is 11.8 Å². The summed E-state index contributed by atoms with van der Waals surface area (Å²) in [5.74, 6) is -0.340. The van der Waals surface area contributed by atoms with E-state index in [0.29, 0.717) is 0 Å². The van der Waals surface area contributed by atoms with Gasteiger partial charge in [0, 0.05) is 0 Å². The van der Waals surface area contributed by atoms with Crippen LogP contribution in [0.15, 0.2) is 11.6 Å². The average molecular weight is 178 g/mol. The molecule has 1 heterocycles. The third-order valence-electron chi connectivity index (χ3n) is 3.62. The third kappa shape index (κ3) is 0.705. The number of carbonyl (C=O) groups excluding carboxylic acids is 2. The lowest BCUT2D eigenvalue weighted by Gasteiger charge is -2.17. The second-order valence-corrected chi connectivity index (χ2v) is 4.21. The molecule has 0 unspecified atom stereocenters. The van der Waals surface area contributed by atoms with Gasteiger partial charge in [-0.2, -0.15) is 0 Å². The Balaban J connectivity index is 2.08. The third-order valence-corrected chi connectivity index (χ3v) is 3.62. The average Bonchev–Trinajstić information content (AvgIpc) is 2.64. The first kappa shape index (κ1) is 7.30. The Labute approximate surface area is 75.8 Å². The van der Waals surface area contributed by atoms with Crippen LogP contribution in [-0.2, 0) is 14.3 Å². The molecule has 1 aliphatic heterocycles. The highest BCUT2D eigenvalue weighted by Crippen LogP contribution is 2.54. The number of allylic oxidation sites excluding steroid dienone is 2. The summed E-state index contributed by atoms with van der Waals surface area (Å²) in [5, 5.41) is 0. The minimum absolute atomic E-state index is 0.150. The molecule has 1 saturated heterocycles. The molecule has 2 bridgehead atoms. The molecule has 68 valence electrons. The summed E-state index contributed by atoms with van der Waals surface area (Å²) in [5.41, 5.74) is 1.26. The van der Waals surface area contributed by atoms with Gasteiger partial charge in [0.15, 0.2) is 0 Å². The lowest BCUT2D eigenvalue weighted by atomic mass is 9.82. The summed E-state index contributed by atoms with van der Waals surface area (Å²) in [6.07, 6.45) is 3.10. The number of esters is 2. The van der Waals surface area contributed by atoms with Crippen LogP contribution in [0.1, 0.15) is 13.3 Å². The van der Waals surface area contributed by atoms with E-state index in [1.54, 1.807) is 0 Å². The van der Waals surface area contributed by atoms with Gasteiger partial charge in [-0.25, -0.2) is 0 Å². The van der Waals surface area contributed by atoms with E-state index in [2.05, 4.69) is 10.8 Å². The molecule has 2 aliphatic carbocycles. The van der Waals surface area contributed by atoms with E-state index < -0.39 is 0 Å². The number of hydrogen-bond donors (Lipinski definition) is 0. The number of carbonyl (C=O) groups is 2. The summed E-state index contributed by atoms with van der Waals surface area (Å²) in [6, 6.07) is 0. The summed E-state index contributed by atoms with van der Waals surface area (Å²) in [7, 11) is 0. The number of cyclic esters (lactones) is 2. The Kier molecular flexibility index (Phi) is 1.14. The Morgan fingerprint density at radius 3 is 2.77 bits per heavy atom. The molecule has 0 N–H and O–H groups in total. The zero-order chi connectivity index (χ0) is 9.16. The van der Waals surface area contributed by atoms with E-state index in [1.807, 2.05) is 6.92 Å². The van der Waals surface area contributed by atoms with Gasteiger partial charge in [0.1, 0.15) is 0 Å². The summed E-state index contributed by atoms with van der Waals surface area (Å²) >= 11 is 0. The van der Waals surface area contributed by atoms with E-state index in [-0.39, 0.29) is 35.6 Å². The molecule has 0 radical (unpaired) electrons. The maximum absolute atomic E-state index is 11.3. The lowest BCUT2D eigenvalue weighted by Crippen LogP contribution is -2.23. The normalized spacial score (nSPS) is 46.4. The number of hydrogen-bond acceptors (Lipinski definition) is 3. The van der Waals surface area contributed by atoms with Crippen LogP contribution in [0.25, 0.3) is 0 Å². The van der Waals surface area contributed by atoms with Crippen molar-refractivity contribution in [3.63, 3.8) is 0 Å². The molecule has 13 heavy (non-hydrogen) atoms. The van der Waals surface area contributed by atoms with E-state index in [4.69, 9.17) is 0 Å². The zero-order valence-electron chi connectivity index (χ0n) is 7.32. The van der Waals surface area contributed by atoms with Crippen molar-refractivity contribution in [2.45, 2.75) is 13.3 Å². The van der Waals surface area contributed by atoms with Gasteiger partial charge in [0.2, 0.25) is 0 Å². The van der Waals surface area contributed by atoms with Crippen LogP contribution in [0.3, 0.4) is 0 Å². The van der Waals surface area contributed by atoms with Crippen molar-refractivity contribution >= 4 is 11.9 Å². The van der Waals surface area contributed by atoms with Crippen LogP contribution in [0, 0.1) is 23.7 Å². The maximum atomic E-state index is 11.3. The van der Waals surface area contributed by atoms with E-state index >= 15 is 0 Å². The molecule has 1 saturated carbocycles. The summed E-state index contributed by atoms with van der Waals surface area (Å²) in [6.45, 7) is 2.04. The van der Waals surface area contributed by atoms with Gasteiger partial charge in [0.25, 0.3) is 0 Å². The Hall–Kier alpha value is -1.12. The van der Waals surface area contributed by atoms with Gasteiger partial charge in [-0.3, -0.25) is 9.59 Å². The van der Waals surface area contributed by atoms with Crippen LogP contribution in [-0.4, -0.2) is 11.9 Å². The predicted molar refractivity (Wildman–Crippen MR) is 43.4 cm³/mol. The highest BCUT2D eigenvalue weighted by Gasteiger charge is 2.59. The molecular formula is C10H10O3. The van der Waals surface area contributed by atoms with Crippen LogP contribution < -0.4 is 0 Å². The van der Waals surface area contributed by atoms with Crippen molar-refractivity contribution in [2.24, 2.45) is 23.7 Å². The first-order valence-electron chi connectivity index (χ1n) is 4.62. The predicted octanol–water partition coefficient (Wildman–Crippen LogP) is 0.898. The van der Waals surface area contributed by atoms with Crippen molar-refractivity contribution in [3.05, 3.63) is 11.6 Å². The van der Waals surface area contributed by atoms with Gasteiger partial charge in [-0.15, -0.1) is 0 Å². The van der Waals surface area contributed by atoms with Crippen LogP contribution >= 0.6 is 0 Å². The molecule has 3 aliphatic rings. The molecular weight excluding hydrogens is 168 g/mol. The van der Waals surface area contributed by atoms with Crippen molar-refractivity contribution in [1.82, 2.24) is 0 Å². The molecule has 2 fully saturated rings. The standard InChI is InChI=1S/C10H10O3/c1-4-2-5-3-6(4)8-7(5)9(11)13-10(8)12/h2,5-8H,3H2,1H3/t5-,6-,7+,8+/m0/s1. The molecule has 3 nitrogen and oxygen atoms in total. The first-order chi connectivity index (χ1) is 6.18. The van der Waals surface area contributed by atoms with Gasteiger partial charge in [-0.05, 0) is 25.2 Å². The van der Waals surface area contributed by atoms with E-state index in [1.165, 1.54) is 5.57 Å². The molecule has 0 aromatic rings. The van der Waals surface area contributed by atoms with Crippen molar-refractivity contribution < 1.29 is 14.3 Å². The Bertz CT molecular complexity index is 342. The topological polar surface area (TPSA) is 43.4 Å². The molecule has 0 spiro atoms. The summed E-state index contributed by atoms with van der Waals surface area (Å²) < 4.78 is 4.65. The van der Waals surface area contributed by atoms with Crippen molar-refractivity contribution in [3.8, 4) is 0 Å². The van der Waals surface area contributed by atoms with Crippen molar-refractivity contribution in [2.75, 3.05) is 0 Å². The number of rotatable bonds is 0. The number of ether oxygens (including phenoxy) is 1. The quantitative estimate of drug-likeness (QED) is 0.314. The summed E-state index contributed by atoms with van der Waals surface area (Å²) in [4.78, 5) is 22.6. The Morgan fingerprint density at radius 1 is 1.31 bits per heavy atom. The fourth-order valence-electron chi connectivity index (χ4n) is 3.07. The second kappa shape index (κ2) is 2.03. The zero-order valence-corrected chi connectivity index (χ0v) is 7.32. The maximum Gasteiger partial charge on any atom is 0.318 e. The lowest BCUT2D eigenvalue weighted by molar-refractivity contribution is -0.154. The van der Waals surface area contributed by atoms with E-state index in [0.717, 1.165) is 6.42 Å². The molecule has 0 aromatic carbocycles. The molecule has 4 atom stereocenters. The van der Waals surface area contributed by atoms with Crippen LogP contribution in [0.5, 0.6) is 0 Å². The van der Waals surface area contributed by atoms with Crippen molar-refractivity contribution in [1.29, 1.82) is 0 Å². The molecule has 3 rings (SSSR count). The van der Waals surface area contributed by atoms with Gasteiger partial charge in [-0.1, -0.05) is 11.6 Å². The van der Waals surface area contributed by atoms with Gasteiger partial charge < -0.3 is 4.74 Å². The smallest absolute Gasteiger partial charge is 0.318 e. The fraction of sp³-hybridized carbons (Fsp3) is 0.600. The molecule has 0 amide bonds. The largest absolute Gasteiger partial charge is 0.393 e. The molecule has 3 heteroatoms. The highest BCUT2D eigenvalue weighted by molar-refractivity contribution is 5.98. The van der Waals surface area contributed by atoms with E-state index in [9.17, 15) is 9.59 Å². The minimum Gasteiger partial charge on any atom is -0.393 e. The monoisotopic (exact) mass is 178 g/mol. The number of fused-ring (bicyclic) bond motifs is 5. The fourth-order valence-corrected chi connectivity index (χ4v) is 3.07. The Morgan fingerprint density at radius 2 is 2.00 bits per heavy atom. The highest BCUT2D eigenvalue weighted by atomic mass is 16.6. The van der Waals surface area contributed by atoms with Gasteiger partial charge >= 0.3 is 11.9 Å². The SMILES string of the molecule is CC1=C[C@H]2C[C@@H]1[C@H]1C(=O)OC(=O)[C@@H]12. The van der Waals surface area contributed by atoms with Crippen LogP contribution in [0.2, 0.25) is 0 Å². The second-order valence-electron chi connectivity index (χ2n) is 4.21.